The normalized spacial score (nSPS) is 12.4. The molecule has 0 unspecified atom stereocenters. The molecule has 0 aliphatic rings. The number of hydrogen-bond acceptors (Lipinski definition) is 4. The number of rotatable bonds is 10. The van der Waals surface area contributed by atoms with Crippen LogP contribution in [0.3, 0.4) is 0 Å². The van der Waals surface area contributed by atoms with Crippen LogP contribution in [0, 0.1) is 0 Å². The van der Waals surface area contributed by atoms with Crippen molar-refractivity contribution in [2.45, 2.75) is 45.5 Å². The molecule has 160 valence electrons. The van der Waals surface area contributed by atoms with E-state index in [4.69, 9.17) is 4.99 Å². The van der Waals surface area contributed by atoms with Crippen molar-refractivity contribution in [1.82, 2.24) is 14.9 Å². The molecule has 0 spiro atoms. The van der Waals surface area contributed by atoms with E-state index in [-0.39, 0.29) is 11.8 Å². The van der Waals surface area contributed by atoms with Crippen molar-refractivity contribution in [3.8, 4) is 0 Å². The van der Waals surface area contributed by atoms with Gasteiger partial charge in [-0.3, -0.25) is 0 Å². The van der Waals surface area contributed by atoms with Gasteiger partial charge in [-0.2, -0.15) is 0 Å². The molecular formula is C21H32N4O2S2. The third kappa shape index (κ3) is 8.55. The van der Waals surface area contributed by atoms with Crippen molar-refractivity contribution in [3.63, 3.8) is 0 Å². The zero-order chi connectivity index (χ0) is 21.3. The summed E-state index contributed by atoms with van der Waals surface area (Å²) in [7, 11) is -1.26. The van der Waals surface area contributed by atoms with Gasteiger partial charge in [-0.1, -0.05) is 30.3 Å². The molecule has 0 fully saturated rings. The fourth-order valence-electron chi connectivity index (χ4n) is 2.84. The van der Waals surface area contributed by atoms with Crippen molar-refractivity contribution in [2.24, 2.45) is 4.99 Å². The van der Waals surface area contributed by atoms with E-state index < -0.39 is 10.0 Å². The number of nitrogens with one attached hydrogen (secondary N) is 2. The molecule has 2 aromatic rings. The Bertz CT molecular complexity index is 861. The molecule has 8 heteroatoms. The minimum atomic E-state index is -3.31. The Hall–Kier alpha value is -1.90. The van der Waals surface area contributed by atoms with E-state index in [1.165, 1.54) is 4.88 Å². The van der Waals surface area contributed by atoms with Gasteiger partial charge in [0, 0.05) is 31.1 Å². The molecule has 0 aliphatic heterocycles. The standard InChI is InChI=1S/C21H32N4O2S2/c1-5-22-21(25(4)13-12-20-7-6-14-28-20)23-15-18-8-10-19(11-9-18)16-29(26,27)24-17(2)3/h6-11,14,17,24H,5,12-13,15-16H2,1-4H3,(H,22,23). The minimum absolute atomic E-state index is 0.0111. The third-order valence-electron chi connectivity index (χ3n) is 4.18. The van der Waals surface area contributed by atoms with Gasteiger partial charge in [0.25, 0.3) is 0 Å². The van der Waals surface area contributed by atoms with Crippen LogP contribution in [0.5, 0.6) is 0 Å². The average molecular weight is 437 g/mol. The van der Waals surface area contributed by atoms with Crippen molar-refractivity contribution in [1.29, 1.82) is 0 Å². The first-order valence-corrected chi connectivity index (χ1v) is 12.4. The number of likely N-dealkylation sites (N-methyl/N-ethyl adjacent to an activating group) is 1. The Kier molecular flexibility index (Phi) is 9.13. The number of guanidine groups is 1. The molecule has 1 aromatic carbocycles. The Morgan fingerprint density at radius 1 is 1.17 bits per heavy atom. The SMILES string of the molecule is CCNC(=NCc1ccc(CS(=O)(=O)NC(C)C)cc1)N(C)CCc1cccs1. The summed E-state index contributed by atoms with van der Waals surface area (Å²) in [5.74, 6) is 0.861. The molecular weight excluding hydrogens is 404 g/mol. The summed E-state index contributed by atoms with van der Waals surface area (Å²) in [5.41, 5.74) is 1.82. The molecule has 0 aliphatic carbocycles. The molecule has 2 N–H and O–H groups in total. The lowest BCUT2D eigenvalue weighted by Gasteiger charge is -2.21. The summed E-state index contributed by atoms with van der Waals surface area (Å²) in [6, 6.07) is 11.7. The van der Waals surface area contributed by atoms with Crippen LogP contribution in [0.15, 0.2) is 46.8 Å². The number of benzene rings is 1. The fourth-order valence-corrected chi connectivity index (χ4v) is 4.97. The number of nitrogens with zero attached hydrogens (tertiary/aromatic N) is 2. The average Bonchev–Trinajstić information content (AvgIpc) is 3.16. The summed E-state index contributed by atoms with van der Waals surface area (Å²) in [6.07, 6.45) is 0.992. The monoisotopic (exact) mass is 436 g/mol. The lowest BCUT2D eigenvalue weighted by molar-refractivity contribution is 0.486. The minimum Gasteiger partial charge on any atom is -0.357 e. The number of sulfonamides is 1. The summed E-state index contributed by atoms with van der Waals surface area (Å²) in [6.45, 7) is 7.94. The summed E-state index contributed by atoms with van der Waals surface area (Å²) in [5, 5.41) is 5.43. The molecule has 6 nitrogen and oxygen atoms in total. The van der Waals surface area contributed by atoms with E-state index in [1.54, 1.807) is 11.3 Å². The molecule has 0 radical (unpaired) electrons. The highest BCUT2D eigenvalue weighted by Crippen LogP contribution is 2.11. The second-order valence-electron chi connectivity index (χ2n) is 7.27. The van der Waals surface area contributed by atoms with Crippen LogP contribution in [0.1, 0.15) is 36.8 Å². The van der Waals surface area contributed by atoms with E-state index in [0.717, 1.165) is 36.6 Å². The van der Waals surface area contributed by atoms with Gasteiger partial charge in [0.2, 0.25) is 10.0 Å². The zero-order valence-corrected chi connectivity index (χ0v) is 19.3. The molecule has 0 amide bonds. The number of thiophene rings is 1. The van der Waals surface area contributed by atoms with Gasteiger partial charge in [0.15, 0.2) is 5.96 Å². The summed E-state index contributed by atoms with van der Waals surface area (Å²) < 4.78 is 26.7. The first kappa shape index (κ1) is 23.4. The largest absolute Gasteiger partial charge is 0.357 e. The highest BCUT2D eigenvalue weighted by Gasteiger charge is 2.13. The summed E-state index contributed by atoms with van der Waals surface area (Å²) >= 11 is 1.77. The van der Waals surface area contributed by atoms with Gasteiger partial charge < -0.3 is 10.2 Å². The van der Waals surface area contributed by atoms with Gasteiger partial charge in [-0.25, -0.2) is 18.1 Å². The first-order chi connectivity index (χ1) is 13.8. The van der Waals surface area contributed by atoms with Crippen molar-refractivity contribution >= 4 is 27.3 Å². The summed E-state index contributed by atoms with van der Waals surface area (Å²) in [4.78, 5) is 8.24. The molecule has 1 aromatic heterocycles. The molecule has 29 heavy (non-hydrogen) atoms. The van der Waals surface area contributed by atoms with Crippen molar-refractivity contribution < 1.29 is 8.42 Å². The van der Waals surface area contributed by atoms with Crippen LogP contribution < -0.4 is 10.0 Å². The molecule has 0 bridgehead atoms. The van der Waals surface area contributed by atoms with E-state index in [1.807, 2.05) is 45.2 Å². The van der Waals surface area contributed by atoms with Gasteiger partial charge >= 0.3 is 0 Å². The predicted octanol–water partition coefficient (Wildman–Crippen LogP) is 3.22. The lowest BCUT2D eigenvalue weighted by atomic mass is 10.1. The molecule has 0 saturated heterocycles. The van der Waals surface area contributed by atoms with E-state index >= 15 is 0 Å². The van der Waals surface area contributed by atoms with Crippen LogP contribution in [-0.4, -0.2) is 45.5 Å². The van der Waals surface area contributed by atoms with Crippen LogP contribution in [0.4, 0.5) is 0 Å². The Labute approximate surface area is 179 Å². The fraction of sp³-hybridized carbons (Fsp3) is 0.476. The topological polar surface area (TPSA) is 73.8 Å². The van der Waals surface area contributed by atoms with Gasteiger partial charge in [-0.05, 0) is 49.8 Å². The maximum Gasteiger partial charge on any atom is 0.216 e. The first-order valence-electron chi connectivity index (χ1n) is 9.88. The third-order valence-corrected chi connectivity index (χ3v) is 6.66. The van der Waals surface area contributed by atoms with Crippen molar-refractivity contribution in [2.75, 3.05) is 20.1 Å². The smallest absolute Gasteiger partial charge is 0.216 e. The van der Waals surface area contributed by atoms with Crippen LogP contribution in [0.25, 0.3) is 0 Å². The Morgan fingerprint density at radius 3 is 2.45 bits per heavy atom. The highest BCUT2D eigenvalue weighted by atomic mass is 32.2. The molecule has 1 heterocycles. The Balaban J connectivity index is 1.95. The number of hydrogen-bond donors (Lipinski definition) is 2. The van der Waals surface area contributed by atoms with Crippen LogP contribution >= 0.6 is 11.3 Å². The van der Waals surface area contributed by atoms with E-state index in [9.17, 15) is 8.42 Å². The van der Waals surface area contributed by atoms with Crippen LogP contribution in [-0.2, 0) is 28.7 Å². The van der Waals surface area contributed by atoms with Crippen LogP contribution in [0.2, 0.25) is 0 Å². The zero-order valence-electron chi connectivity index (χ0n) is 17.7. The molecule has 0 saturated carbocycles. The van der Waals surface area contributed by atoms with Crippen molar-refractivity contribution in [3.05, 3.63) is 57.8 Å². The second kappa shape index (κ2) is 11.3. The maximum atomic E-state index is 12.1. The number of aliphatic imine (C=N–C) groups is 1. The molecule has 0 atom stereocenters. The van der Waals surface area contributed by atoms with E-state index in [2.05, 4.69) is 39.4 Å². The van der Waals surface area contributed by atoms with Gasteiger partial charge in [0.1, 0.15) is 0 Å². The maximum absolute atomic E-state index is 12.1. The Morgan fingerprint density at radius 2 is 1.86 bits per heavy atom. The van der Waals surface area contributed by atoms with E-state index in [0.29, 0.717) is 6.54 Å². The predicted molar refractivity (Wildman–Crippen MR) is 123 cm³/mol. The quantitative estimate of drug-likeness (QED) is 0.443. The van der Waals surface area contributed by atoms with Gasteiger partial charge in [0.05, 0.1) is 12.3 Å². The second-order valence-corrected chi connectivity index (χ2v) is 10.1. The van der Waals surface area contributed by atoms with Gasteiger partial charge in [-0.15, -0.1) is 11.3 Å². The molecule has 2 rings (SSSR count). The lowest BCUT2D eigenvalue weighted by Crippen LogP contribution is -2.39. The highest BCUT2D eigenvalue weighted by molar-refractivity contribution is 7.88.